The van der Waals surface area contributed by atoms with E-state index in [1.54, 1.807) is 12.1 Å². The standard InChI is InChI=1S/C27H34N4O5S/c1-19-10-11-21(20-6-3-2-4-7-20)22(18-19)36-27(13-14-27)26(33)30-37(34,35)25-9-5-8-23(29-25)31-16-12-24(32)28-15-17-31/h5,8-11,18,20H,2-4,6-7,12-17H2,1H3,(H,28,32)(H,30,33). The number of nitrogens with one attached hydrogen (secondary N) is 2. The van der Waals surface area contributed by atoms with E-state index in [-0.39, 0.29) is 10.9 Å². The van der Waals surface area contributed by atoms with Crippen LogP contribution in [-0.2, 0) is 19.6 Å². The molecule has 0 unspecified atom stereocenters. The summed E-state index contributed by atoms with van der Waals surface area (Å²) in [6, 6.07) is 10.8. The van der Waals surface area contributed by atoms with Crippen molar-refractivity contribution in [2.75, 3.05) is 24.5 Å². The maximum absolute atomic E-state index is 13.3. The fourth-order valence-electron chi connectivity index (χ4n) is 5.17. The highest BCUT2D eigenvalue weighted by Crippen LogP contribution is 2.45. The smallest absolute Gasteiger partial charge is 0.281 e. The topological polar surface area (TPSA) is 118 Å². The summed E-state index contributed by atoms with van der Waals surface area (Å²) in [5.74, 6) is 0.805. The zero-order valence-corrected chi connectivity index (χ0v) is 22.0. The van der Waals surface area contributed by atoms with Gasteiger partial charge in [0.2, 0.25) is 5.91 Å². The van der Waals surface area contributed by atoms with Crippen LogP contribution in [0, 0.1) is 6.92 Å². The Morgan fingerprint density at radius 1 is 1.14 bits per heavy atom. The van der Waals surface area contributed by atoms with Gasteiger partial charge >= 0.3 is 0 Å². The number of rotatable bonds is 7. The Balaban J connectivity index is 1.32. The van der Waals surface area contributed by atoms with Crippen LogP contribution in [0.15, 0.2) is 41.4 Å². The van der Waals surface area contributed by atoms with Crippen molar-refractivity contribution in [3.05, 3.63) is 47.5 Å². The van der Waals surface area contributed by atoms with Gasteiger partial charge in [-0.25, -0.2) is 9.71 Å². The van der Waals surface area contributed by atoms with E-state index in [0.29, 0.717) is 56.4 Å². The van der Waals surface area contributed by atoms with Crippen LogP contribution >= 0.6 is 0 Å². The molecule has 0 radical (unpaired) electrons. The third kappa shape index (κ3) is 5.74. The fraction of sp³-hybridized carbons (Fsp3) is 0.519. The number of hydrogen-bond donors (Lipinski definition) is 2. The van der Waals surface area contributed by atoms with E-state index < -0.39 is 21.5 Å². The molecule has 1 aromatic carbocycles. The molecule has 1 aliphatic heterocycles. The molecule has 5 rings (SSSR count). The largest absolute Gasteiger partial charge is 0.477 e. The Morgan fingerprint density at radius 2 is 1.92 bits per heavy atom. The summed E-state index contributed by atoms with van der Waals surface area (Å²) in [7, 11) is -4.21. The molecular formula is C27H34N4O5S. The molecule has 2 aliphatic carbocycles. The second-order valence-corrected chi connectivity index (χ2v) is 12.0. The summed E-state index contributed by atoms with van der Waals surface area (Å²) in [5, 5.41) is 2.55. The molecule has 2 aromatic rings. The molecule has 37 heavy (non-hydrogen) atoms. The lowest BCUT2D eigenvalue weighted by atomic mass is 9.83. The number of ether oxygens (including phenoxy) is 1. The lowest BCUT2D eigenvalue weighted by Gasteiger charge is -2.26. The van der Waals surface area contributed by atoms with Crippen molar-refractivity contribution in [2.45, 2.75) is 74.8 Å². The zero-order chi connectivity index (χ0) is 26.0. The predicted molar refractivity (Wildman–Crippen MR) is 139 cm³/mol. The van der Waals surface area contributed by atoms with Crippen LogP contribution in [-0.4, -0.2) is 50.5 Å². The maximum atomic E-state index is 13.3. The molecule has 3 aliphatic rings. The average Bonchev–Trinajstić information content (AvgIpc) is 3.70. The molecule has 2 heterocycles. The van der Waals surface area contributed by atoms with Gasteiger partial charge in [-0.1, -0.05) is 37.5 Å². The Labute approximate surface area is 218 Å². The number of carbonyl (C=O) groups is 2. The lowest BCUT2D eigenvalue weighted by molar-refractivity contribution is -0.128. The van der Waals surface area contributed by atoms with Crippen LogP contribution in [0.25, 0.3) is 0 Å². The van der Waals surface area contributed by atoms with Crippen molar-refractivity contribution in [2.24, 2.45) is 0 Å². The number of carbonyl (C=O) groups excluding carboxylic acids is 2. The first-order chi connectivity index (χ1) is 17.8. The van der Waals surface area contributed by atoms with Gasteiger partial charge in [-0.05, 0) is 55.0 Å². The first-order valence-electron chi connectivity index (χ1n) is 13.1. The number of aromatic nitrogens is 1. The van der Waals surface area contributed by atoms with Gasteiger partial charge in [-0.3, -0.25) is 9.59 Å². The molecule has 2 amide bonds. The maximum Gasteiger partial charge on any atom is 0.281 e. The molecule has 9 nitrogen and oxygen atoms in total. The molecule has 0 spiro atoms. The van der Waals surface area contributed by atoms with Gasteiger partial charge in [-0.15, -0.1) is 0 Å². The van der Waals surface area contributed by atoms with E-state index in [9.17, 15) is 18.0 Å². The molecule has 3 fully saturated rings. The SMILES string of the molecule is Cc1ccc(C2CCCCC2)c(OC2(C(=O)NS(=O)(=O)c3cccc(N4CCNC(=O)CC4)n3)CC2)c1. The highest BCUT2D eigenvalue weighted by molar-refractivity contribution is 7.90. The van der Waals surface area contributed by atoms with Gasteiger partial charge < -0.3 is 15.0 Å². The van der Waals surface area contributed by atoms with Crippen LogP contribution in [0.5, 0.6) is 5.75 Å². The number of sulfonamides is 1. The number of pyridine rings is 1. The van der Waals surface area contributed by atoms with Crippen LogP contribution in [0.4, 0.5) is 5.82 Å². The summed E-state index contributed by atoms with van der Waals surface area (Å²) < 4.78 is 34.9. The number of aryl methyl sites for hydroxylation is 1. The number of amides is 2. The monoisotopic (exact) mass is 526 g/mol. The van der Waals surface area contributed by atoms with E-state index in [1.165, 1.54) is 25.3 Å². The fourth-order valence-corrected chi connectivity index (χ4v) is 6.18. The normalized spacial score (nSPS) is 20.0. The first kappa shape index (κ1) is 25.5. The van der Waals surface area contributed by atoms with E-state index in [1.807, 2.05) is 17.9 Å². The Kier molecular flexibility index (Phi) is 7.11. The van der Waals surface area contributed by atoms with Crippen LogP contribution in [0.3, 0.4) is 0 Å². The van der Waals surface area contributed by atoms with Crippen LogP contribution < -0.4 is 19.7 Å². The number of anilines is 1. The van der Waals surface area contributed by atoms with Crippen LogP contribution in [0.2, 0.25) is 0 Å². The summed E-state index contributed by atoms with van der Waals surface area (Å²) in [6.07, 6.45) is 6.99. The molecule has 198 valence electrons. The highest BCUT2D eigenvalue weighted by Gasteiger charge is 2.54. The summed E-state index contributed by atoms with van der Waals surface area (Å²) >= 11 is 0. The van der Waals surface area contributed by atoms with Gasteiger partial charge in [0.05, 0.1) is 0 Å². The van der Waals surface area contributed by atoms with Crippen molar-refractivity contribution < 1.29 is 22.7 Å². The van der Waals surface area contributed by atoms with Gasteiger partial charge in [0, 0.05) is 38.9 Å². The van der Waals surface area contributed by atoms with Gasteiger partial charge in [0.1, 0.15) is 11.6 Å². The first-order valence-corrected chi connectivity index (χ1v) is 14.6. The van der Waals surface area contributed by atoms with E-state index in [4.69, 9.17) is 4.74 Å². The molecule has 0 bridgehead atoms. The third-order valence-electron chi connectivity index (χ3n) is 7.49. The second-order valence-electron chi connectivity index (χ2n) is 10.3. The van der Waals surface area contributed by atoms with Gasteiger partial charge in [0.15, 0.2) is 10.6 Å². The van der Waals surface area contributed by atoms with Crippen molar-refractivity contribution in [3.8, 4) is 5.75 Å². The Hall–Kier alpha value is -3.14. The van der Waals surface area contributed by atoms with E-state index >= 15 is 0 Å². The minimum absolute atomic E-state index is 0.0477. The summed E-state index contributed by atoms with van der Waals surface area (Å²) in [5.41, 5.74) is 0.940. The summed E-state index contributed by atoms with van der Waals surface area (Å²) in [4.78, 5) is 31.1. The third-order valence-corrected chi connectivity index (χ3v) is 8.72. The van der Waals surface area contributed by atoms with Crippen molar-refractivity contribution >= 4 is 27.7 Å². The average molecular weight is 527 g/mol. The molecule has 2 saturated carbocycles. The van der Waals surface area contributed by atoms with Gasteiger partial charge in [0.25, 0.3) is 15.9 Å². The Morgan fingerprint density at radius 3 is 2.68 bits per heavy atom. The number of benzene rings is 1. The van der Waals surface area contributed by atoms with E-state index in [2.05, 4.69) is 27.2 Å². The van der Waals surface area contributed by atoms with Gasteiger partial charge in [-0.2, -0.15) is 8.42 Å². The molecular weight excluding hydrogens is 492 g/mol. The van der Waals surface area contributed by atoms with Crippen molar-refractivity contribution in [3.63, 3.8) is 0 Å². The quantitative estimate of drug-likeness (QED) is 0.569. The second kappa shape index (κ2) is 10.3. The molecule has 1 aromatic heterocycles. The highest BCUT2D eigenvalue weighted by atomic mass is 32.2. The van der Waals surface area contributed by atoms with Crippen LogP contribution in [0.1, 0.15) is 68.4 Å². The predicted octanol–water partition coefficient (Wildman–Crippen LogP) is 3.18. The minimum Gasteiger partial charge on any atom is -0.477 e. The Bertz CT molecular complexity index is 1290. The number of nitrogens with zero attached hydrogens (tertiary/aromatic N) is 2. The molecule has 0 atom stereocenters. The number of hydrogen-bond acceptors (Lipinski definition) is 7. The van der Waals surface area contributed by atoms with Crippen molar-refractivity contribution in [1.82, 2.24) is 15.0 Å². The van der Waals surface area contributed by atoms with E-state index in [0.717, 1.165) is 24.0 Å². The molecule has 10 heteroatoms. The molecule has 1 saturated heterocycles. The minimum atomic E-state index is -4.21. The zero-order valence-electron chi connectivity index (χ0n) is 21.2. The van der Waals surface area contributed by atoms with Crippen molar-refractivity contribution in [1.29, 1.82) is 0 Å². The molecule has 2 N–H and O–H groups in total. The lowest BCUT2D eigenvalue weighted by Crippen LogP contribution is -2.43. The summed E-state index contributed by atoms with van der Waals surface area (Å²) in [6.45, 7) is 3.39.